The summed E-state index contributed by atoms with van der Waals surface area (Å²) >= 11 is 6.50. The summed E-state index contributed by atoms with van der Waals surface area (Å²) in [6, 6.07) is 1.46. The molecule has 1 unspecified atom stereocenters. The van der Waals surface area contributed by atoms with Gasteiger partial charge in [-0.05, 0) is 44.3 Å². The lowest BCUT2D eigenvalue weighted by Gasteiger charge is -2.25. The van der Waals surface area contributed by atoms with Crippen LogP contribution in [0.25, 0.3) is 0 Å². The number of carbonyl (C=O) groups is 1. The molecule has 1 aromatic heterocycles. The van der Waals surface area contributed by atoms with Crippen LogP contribution >= 0.6 is 31.9 Å². The number of nitrogens with zero attached hydrogens (tertiary/aromatic N) is 1. The van der Waals surface area contributed by atoms with Crippen molar-refractivity contribution in [3.8, 4) is 0 Å². The smallest absolute Gasteiger partial charge is 0.317 e. The maximum atomic E-state index is 11.5. The second-order valence-electron chi connectivity index (χ2n) is 4.69. The number of halogens is 2. The van der Waals surface area contributed by atoms with Gasteiger partial charge in [0.1, 0.15) is 5.76 Å². The van der Waals surface area contributed by atoms with Crippen molar-refractivity contribution in [3.63, 3.8) is 0 Å². The molecular weight excluding hydrogens is 418 g/mol. The number of hydrogen-bond donors (Lipinski definition) is 1. The van der Waals surface area contributed by atoms with E-state index in [4.69, 9.17) is 9.52 Å². The number of rotatable bonds is 5. The largest absolute Gasteiger partial charge is 0.480 e. The standard InChI is InChI=1S/C11H13Br2NO5S/c12-9-3-8(19-11(9)13)4-14(5-10(15)16)7-1-2-20(17,18)6-7/h3,7H,1-2,4-6H2,(H,15,16). The minimum absolute atomic E-state index is 0.00330. The van der Waals surface area contributed by atoms with E-state index in [1.807, 2.05) is 0 Å². The van der Waals surface area contributed by atoms with Crippen LogP contribution in [0.5, 0.6) is 0 Å². The highest BCUT2D eigenvalue weighted by molar-refractivity contribution is 9.13. The minimum atomic E-state index is -3.06. The molecule has 9 heteroatoms. The SMILES string of the molecule is O=C(O)CN(Cc1cc(Br)c(Br)o1)C1CCS(=O)(=O)C1. The predicted molar refractivity (Wildman–Crippen MR) is 79.2 cm³/mol. The third kappa shape index (κ3) is 4.06. The van der Waals surface area contributed by atoms with E-state index in [1.54, 1.807) is 11.0 Å². The normalized spacial score (nSPS) is 21.4. The molecule has 1 saturated heterocycles. The van der Waals surface area contributed by atoms with Crippen LogP contribution in [0.2, 0.25) is 0 Å². The Labute approximate surface area is 133 Å². The first kappa shape index (κ1) is 16.0. The topological polar surface area (TPSA) is 87.8 Å². The molecule has 0 bridgehead atoms. The molecule has 0 radical (unpaired) electrons. The maximum absolute atomic E-state index is 11.5. The number of sulfone groups is 1. The molecule has 0 amide bonds. The summed E-state index contributed by atoms with van der Waals surface area (Å²) in [5, 5.41) is 8.97. The van der Waals surface area contributed by atoms with Crippen LogP contribution in [-0.2, 0) is 21.2 Å². The molecule has 1 aliphatic rings. The van der Waals surface area contributed by atoms with Crippen molar-refractivity contribution >= 4 is 47.7 Å². The van der Waals surface area contributed by atoms with Crippen LogP contribution in [0, 0.1) is 0 Å². The summed E-state index contributed by atoms with van der Waals surface area (Å²) in [5.74, 6) is -0.295. The first-order valence-corrected chi connectivity index (χ1v) is 9.27. The van der Waals surface area contributed by atoms with Gasteiger partial charge >= 0.3 is 5.97 Å². The van der Waals surface area contributed by atoms with Gasteiger partial charge in [-0.25, -0.2) is 8.42 Å². The van der Waals surface area contributed by atoms with Gasteiger partial charge in [-0.3, -0.25) is 9.69 Å². The van der Waals surface area contributed by atoms with E-state index in [9.17, 15) is 13.2 Å². The summed E-state index contributed by atoms with van der Waals surface area (Å²) in [6.45, 7) is 0.0484. The lowest BCUT2D eigenvalue weighted by molar-refractivity contribution is -0.139. The molecule has 0 saturated carbocycles. The van der Waals surface area contributed by atoms with Gasteiger partial charge in [-0.15, -0.1) is 0 Å². The van der Waals surface area contributed by atoms with Crippen molar-refractivity contribution in [3.05, 3.63) is 21.0 Å². The summed E-state index contributed by atoms with van der Waals surface area (Å²) in [4.78, 5) is 12.6. The maximum Gasteiger partial charge on any atom is 0.317 e. The molecule has 112 valence electrons. The third-order valence-corrected chi connectivity index (χ3v) is 6.58. The summed E-state index contributed by atoms with van der Waals surface area (Å²) in [7, 11) is -3.06. The first-order valence-electron chi connectivity index (χ1n) is 5.87. The van der Waals surface area contributed by atoms with E-state index in [2.05, 4.69) is 31.9 Å². The van der Waals surface area contributed by atoms with Crippen molar-refractivity contribution in [1.82, 2.24) is 4.90 Å². The molecule has 0 spiro atoms. The van der Waals surface area contributed by atoms with E-state index in [0.717, 1.165) is 4.47 Å². The molecule has 0 aliphatic carbocycles. The van der Waals surface area contributed by atoms with Gasteiger partial charge in [-0.1, -0.05) is 0 Å². The Bertz CT molecular complexity index is 593. The van der Waals surface area contributed by atoms with Crippen molar-refractivity contribution in [1.29, 1.82) is 0 Å². The van der Waals surface area contributed by atoms with Crippen molar-refractivity contribution in [2.75, 3.05) is 18.1 Å². The average Bonchev–Trinajstić information content (AvgIpc) is 2.81. The predicted octanol–water partition coefficient (Wildman–Crippen LogP) is 1.88. The Balaban J connectivity index is 2.13. The molecule has 6 nitrogen and oxygen atoms in total. The fourth-order valence-electron chi connectivity index (χ4n) is 2.22. The molecule has 1 N–H and O–H groups in total. The first-order chi connectivity index (χ1) is 9.27. The molecule has 1 atom stereocenters. The molecule has 1 aliphatic heterocycles. The van der Waals surface area contributed by atoms with Gasteiger partial charge in [-0.2, -0.15) is 0 Å². The average molecular weight is 431 g/mol. The fraction of sp³-hybridized carbons (Fsp3) is 0.545. The molecule has 1 fully saturated rings. The van der Waals surface area contributed by atoms with Crippen molar-refractivity contribution in [2.24, 2.45) is 0 Å². The Morgan fingerprint density at radius 2 is 2.20 bits per heavy atom. The second kappa shape index (κ2) is 6.17. The van der Waals surface area contributed by atoms with Crippen molar-refractivity contribution < 1.29 is 22.7 Å². The molecule has 20 heavy (non-hydrogen) atoms. The summed E-state index contributed by atoms with van der Waals surface area (Å²) in [5.41, 5.74) is 0. The van der Waals surface area contributed by atoms with E-state index in [0.29, 0.717) is 16.9 Å². The minimum Gasteiger partial charge on any atom is -0.480 e. The quantitative estimate of drug-likeness (QED) is 0.767. The molecule has 2 rings (SSSR count). The van der Waals surface area contributed by atoms with Gasteiger partial charge in [0.2, 0.25) is 0 Å². The zero-order valence-electron chi connectivity index (χ0n) is 10.4. The molecule has 2 heterocycles. The number of aliphatic carboxylic acids is 1. The monoisotopic (exact) mass is 429 g/mol. The van der Waals surface area contributed by atoms with Gasteiger partial charge in [0.05, 0.1) is 29.1 Å². The Morgan fingerprint density at radius 3 is 2.65 bits per heavy atom. The van der Waals surface area contributed by atoms with Gasteiger partial charge in [0.15, 0.2) is 14.5 Å². The fourth-order valence-corrected chi connectivity index (χ4v) is 4.64. The van der Waals surface area contributed by atoms with E-state index in [1.165, 1.54) is 0 Å². The van der Waals surface area contributed by atoms with Crippen LogP contribution in [-0.4, -0.2) is 48.5 Å². The summed E-state index contributed by atoms with van der Waals surface area (Å²) < 4.78 is 29.7. The lowest BCUT2D eigenvalue weighted by atomic mass is 10.2. The highest BCUT2D eigenvalue weighted by Gasteiger charge is 2.33. The number of carboxylic acids is 1. The van der Waals surface area contributed by atoms with Gasteiger partial charge < -0.3 is 9.52 Å². The van der Waals surface area contributed by atoms with E-state index < -0.39 is 15.8 Å². The molecule has 0 aromatic carbocycles. The van der Waals surface area contributed by atoms with Gasteiger partial charge in [0.25, 0.3) is 0 Å². The molecule has 1 aromatic rings. The highest BCUT2D eigenvalue weighted by atomic mass is 79.9. The third-order valence-electron chi connectivity index (χ3n) is 3.12. The number of hydrogen-bond acceptors (Lipinski definition) is 5. The summed E-state index contributed by atoms with van der Waals surface area (Å²) in [6.07, 6.45) is 0.457. The zero-order chi connectivity index (χ0) is 14.9. The Morgan fingerprint density at radius 1 is 1.50 bits per heavy atom. The zero-order valence-corrected chi connectivity index (χ0v) is 14.4. The van der Waals surface area contributed by atoms with Crippen molar-refractivity contribution in [2.45, 2.75) is 19.0 Å². The van der Waals surface area contributed by atoms with Crippen LogP contribution in [0.1, 0.15) is 12.2 Å². The van der Waals surface area contributed by atoms with Crippen LogP contribution in [0.15, 0.2) is 19.6 Å². The number of carboxylic acid groups (broad SMARTS) is 1. The van der Waals surface area contributed by atoms with E-state index >= 15 is 0 Å². The van der Waals surface area contributed by atoms with Gasteiger partial charge in [0, 0.05) is 6.04 Å². The lowest BCUT2D eigenvalue weighted by Crippen LogP contribution is -2.39. The van der Waals surface area contributed by atoms with Crippen LogP contribution < -0.4 is 0 Å². The Hall–Kier alpha value is -0.380. The number of furan rings is 1. The van der Waals surface area contributed by atoms with Crippen LogP contribution in [0.3, 0.4) is 0 Å². The Kier molecular flexibility index (Phi) is 4.93. The van der Waals surface area contributed by atoms with Crippen LogP contribution in [0.4, 0.5) is 0 Å². The van der Waals surface area contributed by atoms with E-state index in [-0.39, 0.29) is 30.6 Å². The highest BCUT2D eigenvalue weighted by Crippen LogP contribution is 2.28. The second-order valence-corrected chi connectivity index (χ2v) is 8.49. The molecular formula is C11H13Br2NO5S.